The van der Waals surface area contributed by atoms with Crippen LogP contribution in [-0.4, -0.2) is 41.9 Å². The van der Waals surface area contributed by atoms with Gasteiger partial charge >= 0.3 is 0 Å². The third kappa shape index (κ3) is 3.82. The van der Waals surface area contributed by atoms with Gasteiger partial charge in [-0.05, 0) is 57.1 Å². The van der Waals surface area contributed by atoms with Crippen LogP contribution in [0.4, 0.5) is 5.69 Å². The van der Waals surface area contributed by atoms with Gasteiger partial charge in [0.25, 0.3) is 5.91 Å². The average molecular weight is 354 g/mol. The third-order valence-electron chi connectivity index (χ3n) is 5.35. The summed E-state index contributed by atoms with van der Waals surface area (Å²) in [6, 6.07) is 7.82. The van der Waals surface area contributed by atoms with Gasteiger partial charge in [-0.3, -0.25) is 9.59 Å². The Labute approximate surface area is 154 Å². The van der Waals surface area contributed by atoms with Crippen LogP contribution in [0.5, 0.6) is 0 Å². The highest BCUT2D eigenvalue weighted by Gasteiger charge is 2.42. The number of amides is 2. The number of benzene rings is 1. The third-order valence-corrected chi connectivity index (χ3v) is 5.35. The van der Waals surface area contributed by atoms with Gasteiger partial charge in [0.1, 0.15) is 5.54 Å². The minimum absolute atomic E-state index is 0.00829. The SMILES string of the molecule is Cc1cccc(C(=O)N2CCCC2)c1NCC(=O)N[C@](C)(C#N)C1CC1. The van der Waals surface area contributed by atoms with Crippen LogP contribution in [-0.2, 0) is 4.79 Å². The van der Waals surface area contributed by atoms with Crippen molar-refractivity contribution in [2.24, 2.45) is 5.92 Å². The molecule has 26 heavy (non-hydrogen) atoms. The van der Waals surface area contributed by atoms with E-state index in [0.29, 0.717) is 11.3 Å². The lowest BCUT2D eigenvalue weighted by Gasteiger charge is -2.24. The van der Waals surface area contributed by atoms with Crippen LogP contribution < -0.4 is 10.6 Å². The van der Waals surface area contributed by atoms with Crippen molar-refractivity contribution in [3.05, 3.63) is 29.3 Å². The quantitative estimate of drug-likeness (QED) is 0.822. The normalized spacial score (nSPS) is 18.7. The van der Waals surface area contributed by atoms with E-state index >= 15 is 0 Å². The first kappa shape index (κ1) is 18.2. The number of hydrogen-bond donors (Lipinski definition) is 2. The van der Waals surface area contributed by atoms with E-state index in [2.05, 4.69) is 16.7 Å². The average Bonchev–Trinajstić information content (AvgIpc) is 3.35. The molecule has 1 aromatic carbocycles. The Morgan fingerprint density at radius 2 is 2.00 bits per heavy atom. The molecule has 1 heterocycles. The van der Waals surface area contributed by atoms with E-state index < -0.39 is 5.54 Å². The number of para-hydroxylation sites is 1. The molecule has 1 saturated carbocycles. The van der Waals surface area contributed by atoms with Crippen molar-refractivity contribution < 1.29 is 9.59 Å². The zero-order chi connectivity index (χ0) is 18.7. The summed E-state index contributed by atoms with van der Waals surface area (Å²) in [7, 11) is 0. The molecule has 2 amide bonds. The standard InChI is InChI=1S/C20H26N4O2/c1-14-6-5-7-16(19(26)24-10-3-4-11-24)18(14)22-12-17(25)23-20(2,13-21)15-8-9-15/h5-7,15,22H,3-4,8-12H2,1-2H3,(H,23,25)/t20-/m1/s1. The van der Waals surface area contributed by atoms with Gasteiger partial charge in [-0.25, -0.2) is 0 Å². The number of carbonyl (C=O) groups is 2. The van der Waals surface area contributed by atoms with E-state index in [-0.39, 0.29) is 24.3 Å². The molecular formula is C20H26N4O2. The molecule has 1 atom stereocenters. The Morgan fingerprint density at radius 3 is 2.62 bits per heavy atom. The fourth-order valence-electron chi connectivity index (χ4n) is 3.56. The van der Waals surface area contributed by atoms with Crippen molar-refractivity contribution in [2.45, 2.75) is 45.1 Å². The van der Waals surface area contributed by atoms with Crippen LogP contribution in [0.25, 0.3) is 0 Å². The summed E-state index contributed by atoms with van der Waals surface area (Å²) in [5, 5.41) is 15.3. The van der Waals surface area contributed by atoms with Gasteiger partial charge < -0.3 is 15.5 Å². The van der Waals surface area contributed by atoms with Gasteiger partial charge in [-0.2, -0.15) is 5.26 Å². The second kappa shape index (κ2) is 7.36. The summed E-state index contributed by atoms with van der Waals surface area (Å²) >= 11 is 0. The molecule has 1 aliphatic heterocycles. The Balaban J connectivity index is 1.68. The van der Waals surface area contributed by atoms with E-state index in [1.807, 2.05) is 24.0 Å². The maximum atomic E-state index is 12.8. The molecular weight excluding hydrogens is 328 g/mol. The fourth-order valence-corrected chi connectivity index (χ4v) is 3.56. The molecule has 3 rings (SSSR count). The van der Waals surface area contributed by atoms with E-state index in [1.165, 1.54) is 0 Å². The lowest BCUT2D eigenvalue weighted by atomic mass is 9.98. The second-order valence-corrected chi connectivity index (χ2v) is 7.49. The fraction of sp³-hybridized carbons (Fsp3) is 0.550. The largest absolute Gasteiger partial charge is 0.375 e. The summed E-state index contributed by atoms with van der Waals surface area (Å²) in [6.07, 6.45) is 4.03. The maximum Gasteiger partial charge on any atom is 0.255 e. The Morgan fingerprint density at radius 1 is 1.31 bits per heavy atom. The molecule has 0 unspecified atom stereocenters. The summed E-state index contributed by atoms with van der Waals surface area (Å²) in [5.74, 6) is 0.0138. The second-order valence-electron chi connectivity index (χ2n) is 7.49. The van der Waals surface area contributed by atoms with E-state index in [4.69, 9.17) is 0 Å². The van der Waals surface area contributed by atoms with Gasteiger partial charge in [0.2, 0.25) is 5.91 Å². The number of nitrogens with one attached hydrogen (secondary N) is 2. The molecule has 6 heteroatoms. The highest BCUT2D eigenvalue weighted by molar-refractivity contribution is 6.01. The van der Waals surface area contributed by atoms with Crippen LogP contribution in [0.3, 0.4) is 0 Å². The molecule has 6 nitrogen and oxygen atoms in total. The zero-order valence-corrected chi connectivity index (χ0v) is 15.5. The van der Waals surface area contributed by atoms with Crippen LogP contribution >= 0.6 is 0 Å². The first-order valence-electron chi connectivity index (χ1n) is 9.29. The van der Waals surface area contributed by atoms with Gasteiger partial charge in [0.15, 0.2) is 0 Å². The topological polar surface area (TPSA) is 85.2 Å². The van der Waals surface area contributed by atoms with Gasteiger partial charge in [0, 0.05) is 13.1 Å². The lowest BCUT2D eigenvalue weighted by molar-refractivity contribution is -0.120. The molecule has 2 aliphatic rings. The summed E-state index contributed by atoms with van der Waals surface area (Å²) in [4.78, 5) is 27.0. The highest BCUT2D eigenvalue weighted by Crippen LogP contribution is 2.39. The van der Waals surface area contributed by atoms with Crippen molar-refractivity contribution in [3.63, 3.8) is 0 Å². The molecule has 2 fully saturated rings. The smallest absolute Gasteiger partial charge is 0.255 e. The first-order valence-corrected chi connectivity index (χ1v) is 9.29. The van der Waals surface area contributed by atoms with Crippen molar-refractivity contribution in [1.29, 1.82) is 5.26 Å². The number of likely N-dealkylation sites (tertiary alicyclic amines) is 1. The Kier molecular flexibility index (Phi) is 5.17. The van der Waals surface area contributed by atoms with Crippen molar-refractivity contribution in [3.8, 4) is 6.07 Å². The number of nitrogens with zero attached hydrogens (tertiary/aromatic N) is 2. The molecule has 0 spiro atoms. The molecule has 1 saturated heterocycles. The van der Waals surface area contributed by atoms with Gasteiger partial charge in [-0.15, -0.1) is 0 Å². The van der Waals surface area contributed by atoms with E-state index in [0.717, 1.165) is 44.3 Å². The number of anilines is 1. The number of carbonyl (C=O) groups excluding carboxylic acids is 2. The van der Waals surface area contributed by atoms with E-state index in [1.54, 1.807) is 13.0 Å². The number of rotatable bonds is 6. The zero-order valence-electron chi connectivity index (χ0n) is 15.5. The lowest BCUT2D eigenvalue weighted by Crippen LogP contribution is -2.48. The molecule has 1 aliphatic carbocycles. The number of aryl methyl sites for hydroxylation is 1. The van der Waals surface area contributed by atoms with Crippen molar-refractivity contribution in [1.82, 2.24) is 10.2 Å². The Hall–Kier alpha value is -2.55. The number of nitriles is 1. The summed E-state index contributed by atoms with van der Waals surface area (Å²) in [5.41, 5.74) is 1.42. The monoisotopic (exact) mass is 354 g/mol. The van der Waals surface area contributed by atoms with Crippen LogP contribution in [0.2, 0.25) is 0 Å². The number of hydrogen-bond acceptors (Lipinski definition) is 4. The maximum absolute atomic E-state index is 12.8. The highest BCUT2D eigenvalue weighted by atomic mass is 16.2. The predicted octanol–water partition coefficient (Wildman–Crippen LogP) is 2.45. The van der Waals surface area contributed by atoms with Crippen molar-refractivity contribution >= 4 is 17.5 Å². The van der Waals surface area contributed by atoms with Crippen LogP contribution in [0.15, 0.2) is 18.2 Å². The Bertz CT molecular complexity index is 745. The van der Waals surface area contributed by atoms with Crippen LogP contribution in [0, 0.1) is 24.2 Å². The summed E-state index contributed by atoms with van der Waals surface area (Å²) < 4.78 is 0. The van der Waals surface area contributed by atoms with Gasteiger partial charge in [0.05, 0.1) is 23.9 Å². The van der Waals surface area contributed by atoms with Gasteiger partial charge in [-0.1, -0.05) is 12.1 Å². The predicted molar refractivity (Wildman–Crippen MR) is 99.7 cm³/mol. The molecule has 0 radical (unpaired) electrons. The minimum atomic E-state index is -0.807. The molecule has 138 valence electrons. The van der Waals surface area contributed by atoms with Crippen LogP contribution in [0.1, 0.15) is 48.5 Å². The molecule has 2 N–H and O–H groups in total. The molecule has 1 aromatic rings. The molecule has 0 bridgehead atoms. The molecule has 0 aromatic heterocycles. The minimum Gasteiger partial charge on any atom is -0.375 e. The van der Waals surface area contributed by atoms with E-state index in [9.17, 15) is 14.9 Å². The van der Waals surface area contributed by atoms with Crippen molar-refractivity contribution in [2.75, 3.05) is 25.0 Å². The summed E-state index contributed by atoms with van der Waals surface area (Å²) in [6.45, 7) is 5.31. The first-order chi connectivity index (χ1) is 12.4.